The van der Waals surface area contributed by atoms with Crippen molar-refractivity contribution in [2.45, 2.75) is 12.8 Å². The number of ketones is 1. The van der Waals surface area contributed by atoms with Crippen LogP contribution in [0.4, 0.5) is 0 Å². The fourth-order valence-electron chi connectivity index (χ4n) is 4.25. The minimum absolute atomic E-state index is 0.0200. The monoisotopic (exact) mass is 428 g/mol. The van der Waals surface area contributed by atoms with E-state index < -0.39 is 0 Å². The van der Waals surface area contributed by atoms with Crippen LogP contribution in [0.5, 0.6) is 0 Å². The fourth-order valence-corrected chi connectivity index (χ4v) is 4.25. The largest absolute Gasteiger partial charge is 0.337 e. The summed E-state index contributed by atoms with van der Waals surface area (Å²) in [5.74, 6) is 0.675. The number of aromatic nitrogens is 3. The van der Waals surface area contributed by atoms with Crippen molar-refractivity contribution in [2.75, 3.05) is 0 Å². The van der Waals surface area contributed by atoms with Gasteiger partial charge in [-0.1, -0.05) is 66.7 Å². The second kappa shape index (κ2) is 7.95. The van der Waals surface area contributed by atoms with Gasteiger partial charge < -0.3 is 4.98 Å². The number of carbonyl (C=O) groups is 1. The molecule has 33 heavy (non-hydrogen) atoms. The number of pyridine rings is 1. The predicted octanol–water partition coefficient (Wildman–Crippen LogP) is 6.24. The van der Waals surface area contributed by atoms with E-state index >= 15 is 0 Å². The van der Waals surface area contributed by atoms with E-state index in [2.05, 4.69) is 22.1 Å². The average molecular weight is 428 g/mol. The van der Waals surface area contributed by atoms with Gasteiger partial charge in [0, 0.05) is 35.7 Å². The Bertz CT molecular complexity index is 1580. The Balaban J connectivity index is 1.29. The number of rotatable bonds is 5. The third kappa shape index (κ3) is 3.64. The molecule has 3 aromatic carbocycles. The molecular formula is C28H20N4O. The summed E-state index contributed by atoms with van der Waals surface area (Å²) in [6.45, 7) is 0. The van der Waals surface area contributed by atoms with Crippen molar-refractivity contribution < 1.29 is 4.79 Å². The van der Waals surface area contributed by atoms with E-state index in [0.717, 1.165) is 39.0 Å². The van der Waals surface area contributed by atoms with E-state index in [9.17, 15) is 4.79 Å². The molecule has 5 nitrogen and oxygen atoms in total. The third-order valence-corrected chi connectivity index (χ3v) is 5.93. The molecule has 6 rings (SSSR count). The molecule has 0 bridgehead atoms. The standard InChI is InChI=1S/C28H20N4O/c33-26(16-21-13-14-23(30-21)18-7-2-1-3-8-18)22-11-6-12-24-27(22)32-28(31-24)25-15-19-9-4-5-10-20(19)17-29-25/h1-12,14-15,17H,13,16H2,(H,31,32). The molecule has 5 aromatic rings. The number of nitrogens with one attached hydrogen (secondary N) is 1. The highest BCUT2D eigenvalue weighted by atomic mass is 16.1. The van der Waals surface area contributed by atoms with Crippen molar-refractivity contribution in [3.63, 3.8) is 0 Å². The van der Waals surface area contributed by atoms with E-state index in [4.69, 9.17) is 9.98 Å². The van der Waals surface area contributed by atoms with Gasteiger partial charge in [-0.15, -0.1) is 0 Å². The van der Waals surface area contributed by atoms with Gasteiger partial charge in [-0.2, -0.15) is 0 Å². The van der Waals surface area contributed by atoms with Crippen molar-refractivity contribution in [1.29, 1.82) is 0 Å². The summed E-state index contributed by atoms with van der Waals surface area (Å²) in [7, 11) is 0. The van der Waals surface area contributed by atoms with Gasteiger partial charge in [-0.25, -0.2) is 4.98 Å². The number of hydrogen-bond donors (Lipinski definition) is 1. The molecule has 3 heterocycles. The molecule has 1 aliphatic rings. The molecule has 0 unspecified atom stereocenters. The molecule has 0 saturated heterocycles. The van der Waals surface area contributed by atoms with Crippen LogP contribution in [-0.4, -0.2) is 26.4 Å². The first kappa shape index (κ1) is 19.3. The Kier molecular flexibility index (Phi) is 4.65. The van der Waals surface area contributed by atoms with Gasteiger partial charge >= 0.3 is 0 Å². The van der Waals surface area contributed by atoms with Crippen LogP contribution in [0.15, 0.2) is 96.1 Å². The maximum atomic E-state index is 13.2. The Labute approximate surface area is 190 Å². The van der Waals surface area contributed by atoms with E-state index in [-0.39, 0.29) is 12.2 Å². The number of nitrogens with zero attached hydrogens (tertiary/aromatic N) is 3. The minimum Gasteiger partial charge on any atom is -0.337 e. The van der Waals surface area contributed by atoms with Crippen LogP contribution in [0.3, 0.4) is 0 Å². The van der Waals surface area contributed by atoms with E-state index in [1.807, 2.05) is 79.0 Å². The number of fused-ring (bicyclic) bond motifs is 2. The van der Waals surface area contributed by atoms with Crippen LogP contribution in [0.1, 0.15) is 28.8 Å². The molecule has 1 aliphatic heterocycles. The zero-order valence-corrected chi connectivity index (χ0v) is 17.8. The first-order valence-electron chi connectivity index (χ1n) is 10.9. The van der Waals surface area contributed by atoms with Crippen LogP contribution in [0.2, 0.25) is 0 Å². The minimum atomic E-state index is 0.0200. The van der Waals surface area contributed by atoms with E-state index in [1.54, 1.807) is 0 Å². The molecule has 2 aromatic heterocycles. The Morgan fingerprint density at radius 1 is 0.909 bits per heavy atom. The molecule has 5 heteroatoms. The quantitative estimate of drug-likeness (QED) is 0.337. The number of carbonyl (C=O) groups excluding carboxylic acids is 1. The van der Waals surface area contributed by atoms with Crippen LogP contribution in [-0.2, 0) is 0 Å². The molecule has 0 amide bonds. The third-order valence-electron chi connectivity index (χ3n) is 5.93. The van der Waals surface area contributed by atoms with Crippen molar-refractivity contribution in [3.8, 4) is 11.5 Å². The molecule has 0 radical (unpaired) electrons. The number of hydrogen-bond acceptors (Lipinski definition) is 4. The number of allylic oxidation sites excluding steroid dienone is 1. The topological polar surface area (TPSA) is 71.0 Å². The maximum absolute atomic E-state index is 13.2. The second-order valence-electron chi connectivity index (χ2n) is 8.14. The zero-order chi connectivity index (χ0) is 22.2. The lowest BCUT2D eigenvalue weighted by Crippen LogP contribution is -2.07. The summed E-state index contributed by atoms with van der Waals surface area (Å²) in [6, 6.07) is 25.8. The van der Waals surface area contributed by atoms with Gasteiger partial charge in [0.2, 0.25) is 0 Å². The van der Waals surface area contributed by atoms with Gasteiger partial charge in [0.05, 0.1) is 16.7 Å². The highest BCUT2D eigenvalue weighted by Gasteiger charge is 2.19. The first-order chi connectivity index (χ1) is 16.2. The first-order valence-corrected chi connectivity index (χ1v) is 10.9. The average Bonchev–Trinajstić information content (AvgIpc) is 3.51. The lowest BCUT2D eigenvalue weighted by Gasteiger charge is -2.02. The van der Waals surface area contributed by atoms with Gasteiger partial charge in [0.15, 0.2) is 11.6 Å². The van der Waals surface area contributed by atoms with Crippen molar-refractivity contribution in [3.05, 3.63) is 102 Å². The molecular weight excluding hydrogens is 408 g/mol. The molecule has 158 valence electrons. The summed E-state index contributed by atoms with van der Waals surface area (Å²) in [6.07, 6.45) is 4.90. The van der Waals surface area contributed by atoms with Gasteiger partial charge in [0.25, 0.3) is 0 Å². The summed E-state index contributed by atoms with van der Waals surface area (Å²) >= 11 is 0. The number of Topliss-reactive ketones (excluding diaryl/α,β-unsaturated/α-hetero) is 1. The Hall–Kier alpha value is -4.38. The van der Waals surface area contributed by atoms with Crippen molar-refractivity contribution in [2.24, 2.45) is 4.99 Å². The number of benzene rings is 3. The number of H-pyrrole nitrogens is 1. The van der Waals surface area contributed by atoms with Crippen LogP contribution >= 0.6 is 0 Å². The van der Waals surface area contributed by atoms with Gasteiger partial charge in [-0.05, 0) is 29.1 Å². The summed E-state index contributed by atoms with van der Waals surface area (Å²) < 4.78 is 0. The highest BCUT2D eigenvalue weighted by Crippen LogP contribution is 2.27. The number of aromatic amines is 1. The molecule has 0 spiro atoms. The fraction of sp³-hybridized carbons (Fsp3) is 0.0714. The van der Waals surface area contributed by atoms with Gasteiger partial charge in [0.1, 0.15) is 5.69 Å². The summed E-state index contributed by atoms with van der Waals surface area (Å²) in [5.41, 5.74) is 5.72. The second-order valence-corrected chi connectivity index (χ2v) is 8.14. The lowest BCUT2D eigenvalue weighted by atomic mass is 10.0. The molecule has 0 aliphatic carbocycles. The van der Waals surface area contributed by atoms with Crippen LogP contribution in [0.25, 0.3) is 39.0 Å². The molecule has 1 N–H and O–H groups in total. The highest BCUT2D eigenvalue weighted by molar-refractivity contribution is 6.16. The normalized spacial score (nSPS) is 13.3. The molecule has 0 atom stereocenters. The van der Waals surface area contributed by atoms with E-state index in [0.29, 0.717) is 23.3 Å². The molecule has 0 fully saturated rings. The smallest absolute Gasteiger partial charge is 0.170 e. The van der Waals surface area contributed by atoms with Crippen LogP contribution < -0.4 is 0 Å². The predicted molar refractivity (Wildman–Crippen MR) is 132 cm³/mol. The van der Waals surface area contributed by atoms with Gasteiger partial charge in [-0.3, -0.25) is 14.8 Å². The Morgan fingerprint density at radius 3 is 2.61 bits per heavy atom. The summed E-state index contributed by atoms with van der Waals surface area (Å²) in [4.78, 5) is 30.6. The zero-order valence-electron chi connectivity index (χ0n) is 17.8. The molecule has 0 saturated carbocycles. The summed E-state index contributed by atoms with van der Waals surface area (Å²) in [5, 5.41) is 2.18. The Morgan fingerprint density at radius 2 is 1.73 bits per heavy atom. The van der Waals surface area contributed by atoms with Crippen molar-refractivity contribution in [1.82, 2.24) is 15.0 Å². The van der Waals surface area contributed by atoms with Crippen molar-refractivity contribution >= 4 is 39.0 Å². The number of aliphatic imine (C=N–C) groups is 1. The number of para-hydroxylation sites is 1. The van der Waals surface area contributed by atoms with E-state index in [1.165, 1.54) is 0 Å². The van der Waals surface area contributed by atoms with Crippen LogP contribution in [0, 0.1) is 0 Å². The maximum Gasteiger partial charge on any atom is 0.170 e. The number of imidazole rings is 1. The lowest BCUT2D eigenvalue weighted by molar-refractivity contribution is 0.100. The SMILES string of the molecule is O=C(CC1=NC(c2ccccc2)=CC1)c1cccc2[nH]c(-c3cc4ccccc4cn3)nc12.